The second kappa shape index (κ2) is 7.36. The molecule has 0 aliphatic rings. The Morgan fingerprint density at radius 2 is 1.23 bits per heavy atom. The Morgan fingerprint density at radius 3 is 1.68 bits per heavy atom. The first-order valence-electron chi connectivity index (χ1n) is 6.95. The smallest absolute Gasteiger partial charge is 0.251 e. The van der Waals surface area contributed by atoms with Gasteiger partial charge in [-0.3, -0.25) is 9.59 Å². The molecule has 0 atom stereocenters. The van der Waals surface area contributed by atoms with Crippen molar-refractivity contribution in [1.82, 2.24) is 10.6 Å². The van der Waals surface area contributed by atoms with E-state index in [-0.39, 0.29) is 17.6 Å². The number of nitrogens with one attached hydrogen (secondary N) is 2. The molecule has 0 radical (unpaired) electrons. The third-order valence-corrected chi connectivity index (χ3v) is 3.12. The van der Waals surface area contributed by atoms with Gasteiger partial charge < -0.3 is 10.6 Å². The molecule has 0 fully saturated rings. The Labute approximate surface area is 128 Å². The predicted octanol–water partition coefficient (Wildman–Crippen LogP) is 2.29. The van der Waals surface area contributed by atoms with Gasteiger partial charge in [0.15, 0.2) is 0 Å². The van der Waals surface area contributed by atoms with Gasteiger partial charge in [0.25, 0.3) is 11.8 Å². The van der Waals surface area contributed by atoms with Crippen molar-refractivity contribution >= 4 is 11.8 Å². The van der Waals surface area contributed by atoms with Crippen LogP contribution in [0.25, 0.3) is 0 Å². The van der Waals surface area contributed by atoms with E-state index in [1.165, 1.54) is 24.3 Å². The lowest BCUT2D eigenvalue weighted by molar-refractivity contribution is 0.0927. The summed E-state index contributed by atoms with van der Waals surface area (Å²) in [6.07, 6.45) is 0. The van der Waals surface area contributed by atoms with E-state index in [2.05, 4.69) is 10.6 Å². The quantitative estimate of drug-likeness (QED) is 0.832. The van der Waals surface area contributed by atoms with Gasteiger partial charge in [-0.1, -0.05) is 17.7 Å². The Hall–Kier alpha value is -2.69. The van der Waals surface area contributed by atoms with Crippen molar-refractivity contribution in [2.75, 3.05) is 13.1 Å². The van der Waals surface area contributed by atoms with E-state index in [1.54, 1.807) is 12.1 Å². The van der Waals surface area contributed by atoms with Gasteiger partial charge in [-0.05, 0) is 43.3 Å². The average Bonchev–Trinajstić information content (AvgIpc) is 2.52. The van der Waals surface area contributed by atoms with Crippen LogP contribution >= 0.6 is 0 Å². The van der Waals surface area contributed by atoms with Gasteiger partial charge >= 0.3 is 0 Å². The molecule has 2 N–H and O–H groups in total. The van der Waals surface area contributed by atoms with E-state index in [4.69, 9.17) is 0 Å². The van der Waals surface area contributed by atoms with Crippen molar-refractivity contribution in [3.8, 4) is 0 Å². The summed E-state index contributed by atoms with van der Waals surface area (Å²) in [6, 6.07) is 12.5. The summed E-state index contributed by atoms with van der Waals surface area (Å²) < 4.78 is 12.8. The van der Waals surface area contributed by atoms with Gasteiger partial charge in [0.1, 0.15) is 5.82 Å². The maximum atomic E-state index is 12.8. The summed E-state index contributed by atoms with van der Waals surface area (Å²) in [4.78, 5) is 23.6. The van der Waals surface area contributed by atoms with Gasteiger partial charge in [0.2, 0.25) is 0 Å². The maximum absolute atomic E-state index is 12.8. The number of carbonyl (C=O) groups excluding carboxylic acids is 2. The number of halogens is 1. The van der Waals surface area contributed by atoms with Crippen molar-refractivity contribution in [2.24, 2.45) is 0 Å². The number of hydrogen-bond donors (Lipinski definition) is 2. The fourth-order valence-electron chi connectivity index (χ4n) is 1.86. The van der Waals surface area contributed by atoms with E-state index in [9.17, 15) is 14.0 Å². The lowest BCUT2D eigenvalue weighted by Gasteiger charge is -2.07. The van der Waals surface area contributed by atoms with Crippen LogP contribution in [0.2, 0.25) is 0 Å². The zero-order valence-electron chi connectivity index (χ0n) is 12.2. The van der Waals surface area contributed by atoms with Crippen LogP contribution in [0.5, 0.6) is 0 Å². The number of hydrogen-bond acceptors (Lipinski definition) is 2. The molecule has 2 aromatic carbocycles. The first-order valence-corrected chi connectivity index (χ1v) is 6.95. The summed E-state index contributed by atoms with van der Waals surface area (Å²) in [5.41, 5.74) is 2.05. The number of aryl methyl sites for hydroxylation is 1. The fourth-order valence-corrected chi connectivity index (χ4v) is 1.86. The van der Waals surface area contributed by atoms with Crippen LogP contribution in [0.3, 0.4) is 0 Å². The van der Waals surface area contributed by atoms with Gasteiger partial charge in [0.05, 0.1) is 0 Å². The molecular weight excluding hydrogens is 283 g/mol. The van der Waals surface area contributed by atoms with Crippen molar-refractivity contribution in [2.45, 2.75) is 6.92 Å². The molecule has 0 aromatic heterocycles. The van der Waals surface area contributed by atoms with E-state index >= 15 is 0 Å². The topological polar surface area (TPSA) is 58.2 Å². The first kappa shape index (κ1) is 15.7. The lowest BCUT2D eigenvalue weighted by atomic mass is 10.1. The minimum absolute atomic E-state index is 0.184. The normalized spacial score (nSPS) is 10.1. The van der Waals surface area contributed by atoms with Crippen LogP contribution in [0, 0.1) is 12.7 Å². The summed E-state index contributed by atoms with van der Waals surface area (Å²) in [5, 5.41) is 5.38. The molecule has 0 unspecified atom stereocenters. The minimum atomic E-state index is -0.387. The predicted molar refractivity (Wildman–Crippen MR) is 82.2 cm³/mol. The van der Waals surface area contributed by atoms with Gasteiger partial charge in [-0.25, -0.2) is 4.39 Å². The fraction of sp³-hybridized carbons (Fsp3) is 0.176. The highest BCUT2D eigenvalue weighted by molar-refractivity contribution is 5.95. The number of amides is 2. The van der Waals surface area contributed by atoms with E-state index in [0.717, 1.165) is 5.56 Å². The summed E-state index contributed by atoms with van der Waals surface area (Å²) in [7, 11) is 0. The summed E-state index contributed by atoms with van der Waals surface area (Å²) >= 11 is 0. The molecule has 0 heterocycles. The van der Waals surface area contributed by atoms with Crippen molar-refractivity contribution in [3.05, 3.63) is 71.0 Å². The van der Waals surface area contributed by atoms with Gasteiger partial charge in [-0.15, -0.1) is 0 Å². The molecular formula is C17H17FN2O2. The molecule has 0 spiro atoms. The van der Waals surface area contributed by atoms with Gasteiger partial charge in [-0.2, -0.15) is 0 Å². The number of rotatable bonds is 5. The second-order valence-corrected chi connectivity index (χ2v) is 4.88. The highest BCUT2D eigenvalue weighted by Crippen LogP contribution is 2.03. The standard InChI is InChI=1S/C17H17FN2O2/c1-12-2-4-13(5-3-12)16(21)19-10-11-20-17(22)14-6-8-15(18)9-7-14/h2-9H,10-11H2,1H3,(H,19,21)(H,20,22). The number of carbonyl (C=O) groups is 2. The van der Waals surface area contributed by atoms with Crippen LogP contribution < -0.4 is 10.6 Å². The zero-order chi connectivity index (χ0) is 15.9. The Kier molecular flexibility index (Phi) is 5.25. The Bertz CT molecular complexity index is 592. The van der Waals surface area contributed by atoms with Crippen LogP contribution in [-0.2, 0) is 0 Å². The molecule has 5 heteroatoms. The van der Waals surface area contributed by atoms with Crippen molar-refractivity contribution in [1.29, 1.82) is 0 Å². The maximum Gasteiger partial charge on any atom is 0.251 e. The zero-order valence-corrected chi connectivity index (χ0v) is 12.2. The highest BCUT2D eigenvalue weighted by Gasteiger charge is 2.06. The average molecular weight is 300 g/mol. The summed E-state index contributed by atoms with van der Waals surface area (Å²) in [5.74, 6) is -0.873. The lowest BCUT2D eigenvalue weighted by Crippen LogP contribution is -2.34. The molecule has 0 aliphatic heterocycles. The van der Waals surface area contributed by atoms with Crippen molar-refractivity contribution in [3.63, 3.8) is 0 Å². The third kappa shape index (κ3) is 4.41. The SMILES string of the molecule is Cc1ccc(C(=O)NCCNC(=O)c2ccc(F)cc2)cc1. The minimum Gasteiger partial charge on any atom is -0.350 e. The van der Waals surface area contributed by atoms with Crippen LogP contribution in [-0.4, -0.2) is 24.9 Å². The molecule has 0 bridgehead atoms. The largest absolute Gasteiger partial charge is 0.350 e. The first-order chi connectivity index (χ1) is 10.6. The van der Waals surface area contributed by atoms with Crippen LogP contribution in [0.15, 0.2) is 48.5 Å². The molecule has 4 nitrogen and oxygen atoms in total. The van der Waals surface area contributed by atoms with Gasteiger partial charge in [0, 0.05) is 24.2 Å². The molecule has 2 rings (SSSR count). The van der Waals surface area contributed by atoms with Crippen LogP contribution in [0.4, 0.5) is 4.39 Å². The molecule has 22 heavy (non-hydrogen) atoms. The van der Waals surface area contributed by atoms with Crippen LogP contribution in [0.1, 0.15) is 26.3 Å². The van der Waals surface area contributed by atoms with E-state index in [1.807, 2.05) is 19.1 Å². The summed E-state index contributed by atoms with van der Waals surface area (Å²) in [6.45, 7) is 2.57. The Balaban J connectivity index is 1.74. The van der Waals surface area contributed by atoms with E-state index in [0.29, 0.717) is 24.2 Å². The molecule has 0 saturated heterocycles. The van der Waals surface area contributed by atoms with E-state index < -0.39 is 0 Å². The molecule has 0 saturated carbocycles. The number of benzene rings is 2. The monoisotopic (exact) mass is 300 g/mol. The third-order valence-electron chi connectivity index (χ3n) is 3.12. The Morgan fingerprint density at radius 1 is 0.818 bits per heavy atom. The van der Waals surface area contributed by atoms with Crippen molar-refractivity contribution < 1.29 is 14.0 Å². The second-order valence-electron chi connectivity index (χ2n) is 4.88. The molecule has 114 valence electrons. The molecule has 0 aliphatic carbocycles. The molecule has 2 aromatic rings. The molecule has 2 amide bonds. The highest BCUT2D eigenvalue weighted by atomic mass is 19.1.